The van der Waals surface area contributed by atoms with Crippen molar-refractivity contribution in [1.82, 2.24) is 10.1 Å². The van der Waals surface area contributed by atoms with E-state index in [1.807, 2.05) is 23.1 Å². The summed E-state index contributed by atoms with van der Waals surface area (Å²) >= 11 is 0. The number of aromatic nitrogens is 1. The Morgan fingerprint density at radius 1 is 1.18 bits per heavy atom. The monoisotopic (exact) mass is 383 g/mol. The van der Waals surface area contributed by atoms with E-state index in [1.54, 1.807) is 0 Å². The molecule has 2 heterocycles. The standard InChI is InChI=1S/C23H33N3O2/c1-4-13-26(21(27)16-18(2)3)17-20-22(19-11-7-5-8-12-19)24-28-23(20)25-14-9-6-10-15-25/h5,7-8,11-12,18H,4,6,9-10,13-17H2,1-3H3. The zero-order valence-corrected chi connectivity index (χ0v) is 17.5. The minimum Gasteiger partial charge on any atom is -0.340 e. The van der Waals surface area contributed by atoms with Crippen molar-refractivity contribution < 1.29 is 9.32 Å². The van der Waals surface area contributed by atoms with Crippen LogP contribution in [0.1, 0.15) is 58.4 Å². The van der Waals surface area contributed by atoms with Crippen LogP contribution in [0.5, 0.6) is 0 Å². The summed E-state index contributed by atoms with van der Waals surface area (Å²) < 4.78 is 5.87. The number of hydrogen-bond acceptors (Lipinski definition) is 4. The Balaban J connectivity index is 1.95. The van der Waals surface area contributed by atoms with Crippen molar-refractivity contribution in [3.05, 3.63) is 35.9 Å². The van der Waals surface area contributed by atoms with Gasteiger partial charge in [0.2, 0.25) is 11.8 Å². The minimum absolute atomic E-state index is 0.210. The Morgan fingerprint density at radius 2 is 1.89 bits per heavy atom. The normalized spacial score (nSPS) is 14.5. The quantitative estimate of drug-likeness (QED) is 0.635. The number of amides is 1. The summed E-state index contributed by atoms with van der Waals surface area (Å²) in [4.78, 5) is 17.1. The minimum atomic E-state index is 0.210. The fraction of sp³-hybridized carbons (Fsp3) is 0.565. The summed E-state index contributed by atoms with van der Waals surface area (Å²) in [7, 11) is 0. The molecule has 0 atom stereocenters. The van der Waals surface area contributed by atoms with E-state index < -0.39 is 0 Å². The molecule has 152 valence electrons. The van der Waals surface area contributed by atoms with Crippen molar-refractivity contribution in [2.45, 2.75) is 59.4 Å². The third kappa shape index (κ3) is 4.94. The van der Waals surface area contributed by atoms with E-state index in [0.717, 1.165) is 48.8 Å². The van der Waals surface area contributed by atoms with Gasteiger partial charge >= 0.3 is 0 Å². The van der Waals surface area contributed by atoms with Crippen LogP contribution < -0.4 is 4.90 Å². The average Bonchev–Trinajstić information content (AvgIpc) is 3.12. The number of nitrogens with zero attached hydrogens (tertiary/aromatic N) is 3. The first kappa shape index (κ1) is 20.4. The van der Waals surface area contributed by atoms with Gasteiger partial charge in [-0.1, -0.05) is 56.3 Å². The molecule has 0 bridgehead atoms. The first-order chi connectivity index (χ1) is 13.6. The van der Waals surface area contributed by atoms with Gasteiger partial charge in [0, 0.05) is 31.6 Å². The molecule has 1 aliphatic heterocycles. The van der Waals surface area contributed by atoms with Gasteiger partial charge < -0.3 is 14.3 Å². The van der Waals surface area contributed by atoms with Gasteiger partial charge in [0.25, 0.3) is 0 Å². The fourth-order valence-corrected chi connectivity index (χ4v) is 3.84. The van der Waals surface area contributed by atoms with E-state index in [2.05, 4.69) is 43.0 Å². The molecule has 3 rings (SSSR count). The highest BCUT2D eigenvalue weighted by Gasteiger charge is 2.26. The number of anilines is 1. The van der Waals surface area contributed by atoms with E-state index in [4.69, 9.17) is 4.52 Å². The lowest BCUT2D eigenvalue weighted by Gasteiger charge is -2.28. The number of benzene rings is 1. The number of hydrogen-bond donors (Lipinski definition) is 0. The molecule has 5 nitrogen and oxygen atoms in total. The van der Waals surface area contributed by atoms with E-state index in [9.17, 15) is 4.79 Å². The molecular formula is C23H33N3O2. The van der Waals surface area contributed by atoms with E-state index in [-0.39, 0.29) is 5.91 Å². The number of rotatable bonds is 8. The molecular weight excluding hydrogens is 350 g/mol. The highest BCUT2D eigenvalue weighted by Crippen LogP contribution is 2.34. The lowest BCUT2D eigenvalue weighted by Crippen LogP contribution is -2.34. The Hall–Kier alpha value is -2.30. The van der Waals surface area contributed by atoms with Gasteiger partial charge in [0.15, 0.2) is 0 Å². The molecule has 0 aliphatic carbocycles. The Bertz CT molecular complexity index is 748. The second-order valence-corrected chi connectivity index (χ2v) is 8.14. The van der Waals surface area contributed by atoms with Crippen molar-refractivity contribution in [3.63, 3.8) is 0 Å². The van der Waals surface area contributed by atoms with Gasteiger partial charge in [-0.2, -0.15) is 0 Å². The summed E-state index contributed by atoms with van der Waals surface area (Å²) in [6, 6.07) is 10.2. The van der Waals surface area contributed by atoms with Gasteiger partial charge in [-0.25, -0.2) is 0 Å². The number of piperidine rings is 1. The van der Waals surface area contributed by atoms with Crippen molar-refractivity contribution in [2.75, 3.05) is 24.5 Å². The van der Waals surface area contributed by atoms with Gasteiger partial charge in [0.05, 0.1) is 12.1 Å². The molecule has 0 saturated carbocycles. The number of carbonyl (C=O) groups is 1. The average molecular weight is 384 g/mol. The van der Waals surface area contributed by atoms with Gasteiger partial charge in [-0.3, -0.25) is 4.79 Å². The van der Waals surface area contributed by atoms with Crippen LogP contribution in [-0.4, -0.2) is 35.6 Å². The third-order valence-electron chi connectivity index (χ3n) is 5.24. The highest BCUT2D eigenvalue weighted by molar-refractivity contribution is 5.77. The lowest BCUT2D eigenvalue weighted by atomic mass is 10.0. The topological polar surface area (TPSA) is 49.6 Å². The molecule has 0 N–H and O–H groups in total. The SMILES string of the molecule is CCCN(Cc1c(-c2ccccc2)noc1N1CCCCC1)C(=O)CC(C)C. The maximum absolute atomic E-state index is 12.9. The van der Waals surface area contributed by atoms with Crippen LogP contribution in [0.25, 0.3) is 11.3 Å². The Morgan fingerprint density at radius 3 is 2.54 bits per heavy atom. The van der Waals surface area contributed by atoms with Gasteiger partial charge in [0.1, 0.15) is 5.69 Å². The van der Waals surface area contributed by atoms with Crippen molar-refractivity contribution >= 4 is 11.8 Å². The Kier molecular flexibility index (Phi) is 7.12. The van der Waals surface area contributed by atoms with Crippen LogP contribution in [0.2, 0.25) is 0 Å². The van der Waals surface area contributed by atoms with Crippen LogP contribution in [-0.2, 0) is 11.3 Å². The molecule has 5 heteroatoms. The zero-order chi connectivity index (χ0) is 19.9. The molecule has 1 aliphatic rings. The number of carbonyl (C=O) groups excluding carboxylic acids is 1. The smallest absolute Gasteiger partial charge is 0.232 e. The molecule has 28 heavy (non-hydrogen) atoms. The lowest BCUT2D eigenvalue weighted by molar-refractivity contribution is -0.132. The first-order valence-electron chi connectivity index (χ1n) is 10.7. The molecule has 1 saturated heterocycles. The van der Waals surface area contributed by atoms with Crippen LogP contribution in [0.3, 0.4) is 0 Å². The summed E-state index contributed by atoms with van der Waals surface area (Å²) in [6.45, 7) is 9.59. The van der Waals surface area contributed by atoms with Crippen LogP contribution in [0, 0.1) is 5.92 Å². The van der Waals surface area contributed by atoms with E-state index >= 15 is 0 Å². The van der Waals surface area contributed by atoms with Crippen molar-refractivity contribution in [2.24, 2.45) is 5.92 Å². The maximum atomic E-state index is 12.9. The summed E-state index contributed by atoms with van der Waals surface area (Å²) in [5.41, 5.74) is 2.94. The highest BCUT2D eigenvalue weighted by atomic mass is 16.5. The van der Waals surface area contributed by atoms with Crippen molar-refractivity contribution in [1.29, 1.82) is 0 Å². The van der Waals surface area contributed by atoms with Crippen LogP contribution >= 0.6 is 0 Å². The Labute approximate surface area is 168 Å². The molecule has 1 fully saturated rings. The second-order valence-electron chi connectivity index (χ2n) is 8.14. The molecule has 1 aromatic heterocycles. The predicted octanol–water partition coefficient (Wildman–Crippen LogP) is 5.12. The van der Waals surface area contributed by atoms with E-state index in [1.165, 1.54) is 19.3 Å². The molecule has 1 amide bonds. The summed E-state index contributed by atoms with van der Waals surface area (Å²) in [5.74, 6) is 1.41. The zero-order valence-electron chi connectivity index (χ0n) is 17.5. The predicted molar refractivity (Wildman–Crippen MR) is 113 cm³/mol. The molecule has 0 spiro atoms. The maximum Gasteiger partial charge on any atom is 0.232 e. The molecule has 1 aromatic carbocycles. The fourth-order valence-electron chi connectivity index (χ4n) is 3.84. The summed E-state index contributed by atoms with van der Waals surface area (Å²) in [5, 5.41) is 4.44. The largest absolute Gasteiger partial charge is 0.340 e. The first-order valence-corrected chi connectivity index (χ1v) is 10.7. The second kappa shape index (κ2) is 9.76. The van der Waals surface area contributed by atoms with Crippen LogP contribution in [0.15, 0.2) is 34.9 Å². The third-order valence-corrected chi connectivity index (χ3v) is 5.24. The molecule has 0 radical (unpaired) electrons. The summed E-state index contributed by atoms with van der Waals surface area (Å²) in [6.07, 6.45) is 5.12. The molecule has 0 unspecified atom stereocenters. The molecule has 2 aromatic rings. The van der Waals surface area contributed by atoms with Crippen LogP contribution in [0.4, 0.5) is 5.88 Å². The van der Waals surface area contributed by atoms with E-state index in [0.29, 0.717) is 18.9 Å². The van der Waals surface area contributed by atoms with Gasteiger partial charge in [-0.15, -0.1) is 0 Å². The van der Waals surface area contributed by atoms with Crippen molar-refractivity contribution in [3.8, 4) is 11.3 Å². The van der Waals surface area contributed by atoms with Gasteiger partial charge in [-0.05, 0) is 31.6 Å².